The fourth-order valence-electron chi connectivity index (χ4n) is 2.61. The molecular weight excluding hydrogens is 272 g/mol. The maximum atomic E-state index is 11.0. The molecule has 116 valence electrons. The van der Waals surface area contributed by atoms with Gasteiger partial charge in [0.25, 0.3) is 5.69 Å². The quantitative estimate of drug-likeness (QED) is 0.588. The lowest BCUT2D eigenvalue weighted by Crippen LogP contribution is -2.40. The summed E-state index contributed by atoms with van der Waals surface area (Å²) in [6.07, 6.45) is 4.29. The Morgan fingerprint density at radius 3 is 2.71 bits per heavy atom. The minimum Gasteiger partial charge on any atom is -0.496 e. The first-order valence-electron chi connectivity index (χ1n) is 7.31. The van der Waals surface area contributed by atoms with Gasteiger partial charge in [0.2, 0.25) is 0 Å². The number of hydrogen-bond donors (Lipinski definition) is 1. The molecule has 0 unspecified atom stereocenters. The number of ether oxygens (including phenoxy) is 1. The molecule has 0 radical (unpaired) electrons. The molecule has 0 atom stereocenters. The number of aliphatic hydroxyl groups excluding tert-OH is 1. The Morgan fingerprint density at radius 1 is 1.43 bits per heavy atom. The highest BCUT2D eigenvalue weighted by atomic mass is 16.6. The zero-order valence-electron chi connectivity index (χ0n) is 12.3. The number of rotatable bonds is 8. The third-order valence-corrected chi connectivity index (χ3v) is 3.98. The van der Waals surface area contributed by atoms with E-state index in [-0.39, 0.29) is 12.3 Å². The molecule has 6 heteroatoms. The number of non-ortho nitro benzene ring substituents is 1. The van der Waals surface area contributed by atoms with Crippen LogP contribution in [-0.4, -0.2) is 41.2 Å². The van der Waals surface area contributed by atoms with E-state index in [4.69, 9.17) is 9.84 Å². The van der Waals surface area contributed by atoms with Gasteiger partial charge in [0, 0.05) is 31.8 Å². The van der Waals surface area contributed by atoms with Gasteiger partial charge in [-0.3, -0.25) is 15.0 Å². The van der Waals surface area contributed by atoms with E-state index >= 15 is 0 Å². The van der Waals surface area contributed by atoms with Gasteiger partial charge in [0.1, 0.15) is 5.75 Å². The van der Waals surface area contributed by atoms with Crippen molar-refractivity contribution in [2.75, 3.05) is 20.3 Å². The molecule has 6 nitrogen and oxygen atoms in total. The minimum absolute atomic E-state index is 0.0556. The Morgan fingerprint density at radius 2 is 2.19 bits per heavy atom. The number of aliphatic hydroxyl groups is 1. The lowest BCUT2D eigenvalue weighted by atomic mass is 9.91. The molecule has 0 aliphatic heterocycles. The zero-order valence-corrected chi connectivity index (χ0v) is 12.3. The lowest BCUT2D eigenvalue weighted by molar-refractivity contribution is -0.385. The molecule has 0 amide bonds. The van der Waals surface area contributed by atoms with Crippen molar-refractivity contribution in [3.05, 3.63) is 33.9 Å². The molecule has 1 N–H and O–H groups in total. The molecule has 0 saturated heterocycles. The van der Waals surface area contributed by atoms with Gasteiger partial charge in [-0.1, -0.05) is 6.42 Å². The average Bonchev–Trinajstić information content (AvgIpc) is 2.42. The Kier molecular flexibility index (Phi) is 5.52. The molecule has 1 aliphatic rings. The fraction of sp³-hybridized carbons (Fsp3) is 0.600. The van der Waals surface area contributed by atoms with Crippen molar-refractivity contribution in [3.63, 3.8) is 0 Å². The molecule has 0 aromatic heterocycles. The standard InChI is InChI=1S/C15H22N2O4/c1-21-15-9-12(8-14(10-15)17(19)20)11-16(6-3-7-18)13-4-2-5-13/h8-10,13,18H,2-7,11H2,1H3. The van der Waals surface area contributed by atoms with Crippen molar-refractivity contribution in [3.8, 4) is 5.75 Å². The number of nitro benzene ring substituents is 1. The first kappa shape index (κ1) is 15.7. The normalized spacial score (nSPS) is 15.0. The molecule has 2 rings (SSSR count). The highest BCUT2D eigenvalue weighted by Crippen LogP contribution is 2.28. The highest BCUT2D eigenvalue weighted by Gasteiger charge is 2.25. The fourth-order valence-corrected chi connectivity index (χ4v) is 2.61. The summed E-state index contributed by atoms with van der Waals surface area (Å²) in [6, 6.07) is 5.41. The van der Waals surface area contributed by atoms with Crippen LogP contribution < -0.4 is 4.74 Å². The van der Waals surface area contributed by atoms with Gasteiger partial charge in [0.15, 0.2) is 0 Å². The van der Waals surface area contributed by atoms with Gasteiger partial charge in [-0.15, -0.1) is 0 Å². The van der Waals surface area contributed by atoms with Crippen LogP contribution in [-0.2, 0) is 6.54 Å². The largest absolute Gasteiger partial charge is 0.496 e. The Labute approximate surface area is 124 Å². The van der Waals surface area contributed by atoms with Crippen LogP contribution in [0.15, 0.2) is 18.2 Å². The molecule has 1 aliphatic carbocycles. The SMILES string of the molecule is COc1cc(CN(CCCO)C2CCC2)cc([N+](=O)[O-])c1. The predicted molar refractivity (Wildman–Crippen MR) is 79.4 cm³/mol. The van der Waals surface area contributed by atoms with Gasteiger partial charge in [0.05, 0.1) is 18.1 Å². The summed E-state index contributed by atoms with van der Waals surface area (Å²) in [5, 5.41) is 20.0. The van der Waals surface area contributed by atoms with Gasteiger partial charge >= 0.3 is 0 Å². The van der Waals surface area contributed by atoms with Gasteiger partial charge in [-0.2, -0.15) is 0 Å². The first-order chi connectivity index (χ1) is 10.1. The van der Waals surface area contributed by atoms with E-state index in [1.165, 1.54) is 19.6 Å². The van der Waals surface area contributed by atoms with Crippen LogP contribution in [0.5, 0.6) is 5.75 Å². The molecule has 1 fully saturated rings. The van der Waals surface area contributed by atoms with Crippen molar-refractivity contribution < 1.29 is 14.8 Å². The van der Waals surface area contributed by atoms with Gasteiger partial charge < -0.3 is 9.84 Å². The third-order valence-electron chi connectivity index (χ3n) is 3.98. The number of hydrogen-bond acceptors (Lipinski definition) is 5. The van der Waals surface area contributed by atoms with Crippen LogP contribution in [0.1, 0.15) is 31.2 Å². The van der Waals surface area contributed by atoms with E-state index in [1.807, 2.05) is 6.07 Å². The number of methoxy groups -OCH3 is 1. The molecule has 21 heavy (non-hydrogen) atoms. The highest BCUT2D eigenvalue weighted by molar-refractivity contribution is 5.42. The number of nitrogens with zero attached hydrogens (tertiary/aromatic N) is 2. The smallest absolute Gasteiger partial charge is 0.273 e. The summed E-state index contributed by atoms with van der Waals surface area (Å²) < 4.78 is 5.15. The number of benzene rings is 1. The summed E-state index contributed by atoms with van der Waals surface area (Å²) in [7, 11) is 1.51. The van der Waals surface area contributed by atoms with Gasteiger partial charge in [-0.05, 0) is 30.9 Å². The van der Waals surface area contributed by atoms with Crippen LogP contribution in [0, 0.1) is 10.1 Å². The third kappa shape index (κ3) is 4.15. The Balaban J connectivity index is 2.14. The van der Waals surface area contributed by atoms with Crippen molar-refractivity contribution >= 4 is 5.69 Å². The maximum Gasteiger partial charge on any atom is 0.273 e. The van der Waals surface area contributed by atoms with Crippen molar-refractivity contribution in [1.29, 1.82) is 0 Å². The molecule has 1 aromatic rings. The van der Waals surface area contributed by atoms with E-state index in [1.54, 1.807) is 6.07 Å². The molecular formula is C15H22N2O4. The number of nitro groups is 1. The van der Waals surface area contributed by atoms with Crippen molar-refractivity contribution in [2.24, 2.45) is 0 Å². The Hall–Kier alpha value is -1.66. The maximum absolute atomic E-state index is 11.0. The molecule has 1 saturated carbocycles. The van der Waals surface area contributed by atoms with Crippen LogP contribution in [0.2, 0.25) is 0 Å². The zero-order chi connectivity index (χ0) is 15.2. The second-order valence-corrected chi connectivity index (χ2v) is 5.43. The van der Waals surface area contributed by atoms with Crippen LogP contribution in [0.4, 0.5) is 5.69 Å². The molecule has 0 bridgehead atoms. The van der Waals surface area contributed by atoms with E-state index in [2.05, 4.69) is 4.90 Å². The van der Waals surface area contributed by atoms with Gasteiger partial charge in [-0.25, -0.2) is 0 Å². The van der Waals surface area contributed by atoms with Crippen molar-refractivity contribution in [1.82, 2.24) is 4.90 Å². The van der Waals surface area contributed by atoms with E-state index in [0.29, 0.717) is 18.3 Å². The lowest BCUT2D eigenvalue weighted by Gasteiger charge is -2.37. The van der Waals surface area contributed by atoms with E-state index in [9.17, 15) is 10.1 Å². The summed E-state index contributed by atoms with van der Waals surface area (Å²) in [6.45, 7) is 1.64. The van der Waals surface area contributed by atoms with Crippen LogP contribution in [0.3, 0.4) is 0 Å². The van der Waals surface area contributed by atoms with E-state index < -0.39 is 4.92 Å². The Bertz CT molecular complexity index is 489. The second kappa shape index (κ2) is 7.38. The monoisotopic (exact) mass is 294 g/mol. The topological polar surface area (TPSA) is 75.8 Å². The predicted octanol–water partition coefficient (Wildman–Crippen LogP) is 2.34. The van der Waals surface area contributed by atoms with Crippen LogP contribution >= 0.6 is 0 Å². The summed E-state index contributed by atoms with van der Waals surface area (Å²) in [5.41, 5.74) is 0.936. The minimum atomic E-state index is -0.395. The van der Waals surface area contributed by atoms with Crippen molar-refractivity contribution in [2.45, 2.75) is 38.3 Å². The van der Waals surface area contributed by atoms with E-state index in [0.717, 1.165) is 31.4 Å². The summed E-state index contributed by atoms with van der Waals surface area (Å²) in [5.74, 6) is 0.509. The molecule has 0 spiro atoms. The molecule has 1 aromatic carbocycles. The molecule has 0 heterocycles. The average molecular weight is 294 g/mol. The second-order valence-electron chi connectivity index (χ2n) is 5.43. The first-order valence-corrected chi connectivity index (χ1v) is 7.31. The summed E-state index contributed by atoms with van der Waals surface area (Å²) in [4.78, 5) is 12.9. The van der Waals surface area contributed by atoms with Crippen LogP contribution in [0.25, 0.3) is 0 Å². The summed E-state index contributed by atoms with van der Waals surface area (Å²) >= 11 is 0.